The van der Waals surface area contributed by atoms with Crippen LogP contribution in [0.4, 0.5) is 15.8 Å². The molecule has 0 radical (unpaired) electrons. The van der Waals surface area contributed by atoms with E-state index in [1.807, 2.05) is 6.92 Å². The van der Waals surface area contributed by atoms with E-state index in [1.165, 1.54) is 37.4 Å². The van der Waals surface area contributed by atoms with Crippen LogP contribution in [0, 0.1) is 5.82 Å². The fourth-order valence-corrected chi connectivity index (χ4v) is 3.34. The maximum atomic E-state index is 14.3. The van der Waals surface area contributed by atoms with Crippen LogP contribution in [0.15, 0.2) is 24.4 Å². The first kappa shape index (κ1) is 19.2. The summed E-state index contributed by atoms with van der Waals surface area (Å²) in [6, 6.07) is 4.34. The predicted octanol–water partition coefficient (Wildman–Crippen LogP) is 4.48. The first-order valence-corrected chi connectivity index (χ1v) is 9.46. The molecule has 142 valence electrons. The molecular weight excluding hydrogens is 393 g/mol. The standard InChI is InChI=1S/C17H17ClFN5O2S/c1-3-6-27-24-12-5-4-11(19)13(14(12)18)16(25)21-9-7-10-15(20-8-9)22-23-17(10)26-2/h4-5,7-8,24H,3,6H2,1-2H3,(H,21,25)(H,20,22,23). The van der Waals surface area contributed by atoms with E-state index in [0.717, 1.165) is 12.2 Å². The fourth-order valence-electron chi connectivity index (χ4n) is 2.37. The molecule has 0 saturated heterocycles. The topological polar surface area (TPSA) is 91.9 Å². The summed E-state index contributed by atoms with van der Waals surface area (Å²) in [6.45, 7) is 2.04. The second-order valence-electron chi connectivity index (χ2n) is 5.54. The molecule has 10 heteroatoms. The largest absolute Gasteiger partial charge is 0.479 e. The Morgan fingerprint density at radius 1 is 1.44 bits per heavy atom. The molecule has 0 atom stereocenters. The van der Waals surface area contributed by atoms with E-state index in [0.29, 0.717) is 28.3 Å². The summed E-state index contributed by atoms with van der Waals surface area (Å²) >= 11 is 7.69. The van der Waals surface area contributed by atoms with E-state index in [9.17, 15) is 9.18 Å². The Bertz CT molecular complexity index is 981. The number of nitrogens with zero attached hydrogens (tertiary/aromatic N) is 2. The van der Waals surface area contributed by atoms with Crippen molar-refractivity contribution in [3.63, 3.8) is 0 Å². The number of aromatic nitrogens is 3. The zero-order valence-corrected chi connectivity index (χ0v) is 16.2. The number of amides is 1. The summed E-state index contributed by atoms with van der Waals surface area (Å²) < 4.78 is 22.4. The Labute approximate surface area is 164 Å². The molecule has 0 bridgehead atoms. The number of hydrogen-bond acceptors (Lipinski definition) is 6. The number of carbonyl (C=O) groups excluding carboxylic acids is 1. The van der Waals surface area contributed by atoms with Crippen LogP contribution in [0.3, 0.4) is 0 Å². The minimum Gasteiger partial charge on any atom is -0.479 e. The van der Waals surface area contributed by atoms with Gasteiger partial charge in [0.2, 0.25) is 5.88 Å². The molecule has 3 rings (SSSR count). The van der Waals surface area contributed by atoms with Crippen molar-refractivity contribution in [1.82, 2.24) is 15.2 Å². The second-order valence-corrected chi connectivity index (χ2v) is 6.82. The van der Waals surface area contributed by atoms with E-state index in [4.69, 9.17) is 16.3 Å². The van der Waals surface area contributed by atoms with Gasteiger partial charge in [-0.15, -0.1) is 5.10 Å². The van der Waals surface area contributed by atoms with Crippen molar-refractivity contribution >= 4 is 51.9 Å². The molecule has 1 aromatic carbocycles. The summed E-state index contributed by atoms with van der Waals surface area (Å²) in [5, 5.41) is 9.88. The van der Waals surface area contributed by atoms with Crippen LogP contribution in [-0.2, 0) is 0 Å². The van der Waals surface area contributed by atoms with E-state index in [2.05, 4.69) is 25.2 Å². The molecule has 3 aromatic rings. The summed E-state index contributed by atoms with van der Waals surface area (Å²) in [4.78, 5) is 16.8. The number of H-pyrrole nitrogens is 1. The number of carbonyl (C=O) groups is 1. The third-order valence-corrected chi connectivity index (χ3v) is 5.01. The molecule has 27 heavy (non-hydrogen) atoms. The van der Waals surface area contributed by atoms with Gasteiger partial charge in [0.05, 0.1) is 40.7 Å². The summed E-state index contributed by atoms with van der Waals surface area (Å²) in [5.41, 5.74) is 1.11. The quantitative estimate of drug-likeness (QED) is 0.393. The first-order chi connectivity index (χ1) is 13.0. The maximum absolute atomic E-state index is 14.3. The Kier molecular flexibility index (Phi) is 6.02. The number of methoxy groups -OCH3 is 1. The second kappa shape index (κ2) is 8.45. The van der Waals surface area contributed by atoms with Gasteiger partial charge in [-0.25, -0.2) is 9.37 Å². The fraction of sp³-hybridized carbons (Fsp3) is 0.235. The molecule has 7 nitrogen and oxygen atoms in total. The lowest BCUT2D eigenvalue weighted by Crippen LogP contribution is -2.15. The van der Waals surface area contributed by atoms with Crippen LogP contribution < -0.4 is 14.8 Å². The smallest absolute Gasteiger partial charge is 0.260 e. The van der Waals surface area contributed by atoms with Gasteiger partial charge in [0, 0.05) is 5.75 Å². The minimum absolute atomic E-state index is 0.0195. The van der Waals surface area contributed by atoms with E-state index in [-0.39, 0.29) is 10.6 Å². The van der Waals surface area contributed by atoms with Crippen LogP contribution in [0.5, 0.6) is 5.88 Å². The van der Waals surface area contributed by atoms with Gasteiger partial charge >= 0.3 is 0 Å². The van der Waals surface area contributed by atoms with Crippen molar-refractivity contribution in [2.45, 2.75) is 13.3 Å². The molecule has 0 aliphatic rings. The molecule has 0 saturated carbocycles. The zero-order chi connectivity index (χ0) is 19.4. The van der Waals surface area contributed by atoms with Crippen LogP contribution in [-0.4, -0.2) is 34.0 Å². The Morgan fingerprint density at radius 3 is 3.00 bits per heavy atom. The van der Waals surface area contributed by atoms with Crippen molar-refractivity contribution in [3.05, 3.63) is 40.8 Å². The molecule has 2 heterocycles. The van der Waals surface area contributed by atoms with Crippen molar-refractivity contribution in [3.8, 4) is 5.88 Å². The van der Waals surface area contributed by atoms with Crippen LogP contribution in [0.1, 0.15) is 23.7 Å². The molecule has 3 N–H and O–H groups in total. The van der Waals surface area contributed by atoms with Gasteiger partial charge in [-0.05, 0) is 24.6 Å². The molecule has 0 unspecified atom stereocenters. The lowest BCUT2D eigenvalue weighted by atomic mass is 10.1. The number of aromatic amines is 1. The van der Waals surface area contributed by atoms with Gasteiger partial charge in [-0.2, -0.15) is 0 Å². The SMILES string of the molecule is CCCSNc1ccc(F)c(C(=O)Nc2cnc3[nH]nc(OC)c3c2)c1Cl. The molecule has 0 aliphatic heterocycles. The van der Waals surface area contributed by atoms with E-state index >= 15 is 0 Å². The van der Waals surface area contributed by atoms with Crippen molar-refractivity contribution in [2.75, 3.05) is 22.9 Å². The third kappa shape index (κ3) is 4.09. The lowest BCUT2D eigenvalue weighted by Gasteiger charge is -2.12. The Morgan fingerprint density at radius 2 is 2.26 bits per heavy atom. The number of benzene rings is 1. The highest BCUT2D eigenvalue weighted by Crippen LogP contribution is 2.31. The van der Waals surface area contributed by atoms with Gasteiger partial charge < -0.3 is 14.8 Å². The van der Waals surface area contributed by atoms with Gasteiger partial charge in [-0.1, -0.05) is 30.5 Å². The van der Waals surface area contributed by atoms with Crippen molar-refractivity contribution < 1.29 is 13.9 Å². The number of ether oxygens (including phenoxy) is 1. The molecule has 2 aromatic heterocycles. The monoisotopic (exact) mass is 409 g/mol. The Balaban J connectivity index is 1.86. The number of pyridine rings is 1. The average Bonchev–Trinajstić information content (AvgIpc) is 3.06. The number of fused-ring (bicyclic) bond motifs is 1. The highest BCUT2D eigenvalue weighted by atomic mass is 35.5. The first-order valence-electron chi connectivity index (χ1n) is 8.10. The molecule has 0 spiro atoms. The highest BCUT2D eigenvalue weighted by molar-refractivity contribution is 8.00. The molecule has 0 aliphatic carbocycles. The number of rotatable bonds is 7. The van der Waals surface area contributed by atoms with Crippen LogP contribution in [0.25, 0.3) is 11.0 Å². The number of anilines is 2. The number of halogens is 2. The highest BCUT2D eigenvalue weighted by Gasteiger charge is 2.20. The number of nitrogens with one attached hydrogen (secondary N) is 3. The predicted molar refractivity (Wildman–Crippen MR) is 106 cm³/mol. The molecule has 0 fully saturated rings. The summed E-state index contributed by atoms with van der Waals surface area (Å²) in [7, 11) is 1.48. The third-order valence-electron chi connectivity index (χ3n) is 3.64. The molecular formula is C17H17ClFN5O2S. The van der Waals surface area contributed by atoms with Gasteiger partial charge in [-0.3, -0.25) is 9.89 Å². The summed E-state index contributed by atoms with van der Waals surface area (Å²) in [6.07, 6.45) is 2.40. The van der Waals surface area contributed by atoms with Gasteiger partial charge in [0.15, 0.2) is 5.65 Å². The summed E-state index contributed by atoms with van der Waals surface area (Å²) in [5.74, 6) is -0.186. The van der Waals surface area contributed by atoms with Gasteiger partial charge in [0.25, 0.3) is 5.91 Å². The molecule has 1 amide bonds. The van der Waals surface area contributed by atoms with Gasteiger partial charge in [0.1, 0.15) is 5.82 Å². The van der Waals surface area contributed by atoms with Crippen LogP contribution >= 0.6 is 23.5 Å². The lowest BCUT2D eigenvalue weighted by molar-refractivity contribution is 0.102. The minimum atomic E-state index is -0.710. The maximum Gasteiger partial charge on any atom is 0.260 e. The zero-order valence-electron chi connectivity index (χ0n) is 14.6. The van der Waals surface area contributed by atoms with Crippen molar-refractivity contribution in [2.24, 2.45) is 0 Å². The van der Waals surface area contributed by atoms with E-state index < -0.39 is 11.7 Å². The number of hydrogen-bond donors (Lipinski definition) is 3. The van der Waals surface area contributed by atoms with Crippen molar-refractivity contribution in [1.29, 1.82) is 0 Å². The normalized spacial score (nSPS) is 10.8. The Hall–Kier alpha value is -2.52. The average molecular weight is 410 g/mol. The van der Waals surface area contributed by atoms with E-state index in [1.54, 1.807) is 6.07 Å². The van der Waals surface area contributed by atoms with Crippen LogP contribution in [0.2, 0.25) is 5.02 Å².